The Bertz CT molecular complexity index is 467. The summed E-state index contributed by atoms with van der Waals surface area (Å²) in [7, 11) is 0. The number of carbonyl (C=O) groups is 2. The molecule has 0 rings (SSSR count). The Hall–Kier alpha value is -2.10. The van der Waals surface area contributed by atoms with Gasteiger partial charge in [-0.2, -0.15) is 0 Å². The Balaban J connectivity index is 3.71. The number of amides is 1. The van der Waals surface area contributed by atoms with Crippen molar-refractivity contribution in [1.82, 2.24) is 5.32 Å². The van der Waals surface area contributed by atoms with Crippen molar-refractivity contribution in [3.63, 3.8) is 0 Å². The maximum Gasteiger partial charge on any atom is 0.306 e. The molecule has 0 bridgehead atoms. The molecule has 0 unspecified atom stereocenters. The Morgan fingerprint density at radius 3 is 2.35 bits per heavy atom. The fraction of sp³-hybridized carbons (Fsp3) is 0.474. The zero-order valence-corrected chi connectivity index (χ0v) is 14.7. The van der Waals surface area contributed by atoms with Crippen LogP contribution in [0.3, 0.4) is 0 Å². The van der Waals surface area contributed by atoms with Gasteiger partial charge in [-0.1, -0.05) is 43.7 Å². The van der Waals surface area contributed by atoms with Gasteiger partial charge in [0.2, 0.25) is 5.91 Å². The summed E-state index contributed by atoms with van der Waals surface area (Å²) in [6.45, 7) is 8.13. The molecule has 4 heteroatoms. The second kappa shape index (κ2) is 13.6. The van der Waals surface area contributed by atoms with Crippen LogP contribution in [-0.4, -0.2) is 18.5 Å². The van der Waals surface area contributed by atoms with Gasteiger partial charge in [0.25, 0.3) is 0 Å². The molecule has 0 heterocycles. The average Bonchev–Trinajstić information content (AvgIpc) is 2.46. The Kier molecular flexibility index (Phi) is 12.3. The highest BCUT2D eigenvalue weighted by Crippen LogP contribution is 2.00. The van der Waals surface area contributed by atoms with Crippen molar-refractivity contribution in [2.45, 2.75) is 47.0 Å². The molecule has 0 radical (unpaired) electrons. The van der Waals surface area contributed by atoms with E-state index in [1.54, 1.807) is 12.3 Å². The number of ether oxygens (including phenoxy) is 1. The van der Waals surface area contributed by atoms with Gasteiger partial charge in [-0.3, -0.25) is 9.59 Å². The predicted molar refractivity (Wildman–Crippen MR) is 94.6 cm³/mol. The summed E-state index contributed by atoms with van der Waals surface area (Å²) in [5.41, 5.74) is 1.05. The first-order valence-electron chi connectivity index (χ1n) is 7.99. The lowest BCUT2D eigenvalue weighted by Gasteiger charge is -2.03. The lowest BCUT2D eigenvalue weighted by Crippen LogP contribution is -2.13. The van der Waals surface area contributed by atoms with Crippen LogP contribution in [0.2, 0.25) is 0 Å². The van der Waals surface area contributed by atoms with E-state index in [-0.39, 0.29) is 11.9 Å². The van der Waals surface area contributed by atoms with E-state index < -0.39 is 0 Å². The quantitative estimate of drug-likeness (QED) is 0.286. The first-order chi connectivity index (χ1) is 10.9. The van der Waals surface area contributed by atoms with Crippen LogP contribution in [0.25, 0.3) is 0 Å². The molecule has 0 saturated carbocycles. The average molecular weight is 319 g/mol. The smallest absolute Gasteiger partial charge is 0.306 e. The van der Waals surface area contributed by atoms with Crippen LogP contribution in [0.1, 0.15) is 47.0 Å². The second-order valence-electron chi connectivity index (χ2n) is 5.85. The van der Waals surface area contributed by atoms with Crippen LogP contribution in [0.4, 0.5) is 0 Å². The van der Waals surface area contributed by atoms with Gasteiger partial charge in [0.15, 0.2) is 0 Å². The highest BCUT2D eigenvalue weighted by molar-refractivity contribution is 5.88. The van der Waals surface area contributed by atoms with Crippen molar-refractivity contribution in [3.8, 4) is 0 Å². The molecule has 0 aliphatic carbocycles. The van der Waals surface area contributed by atoms with E-state index in [0.717, 1.165) is 18.4 Å². The fourth-order valence-electron chi connectivity index (χ4n) is 1.49. The summed E-state index contributed by atoms with van der Waals surface area (Å²) in [6, 6.07) is 0. The molecule has 0 atom stereocenters. The highest BCUT2D eigenvalue weighted by atomic mass is 16.5. The van der Waals surface area contributed by atoms with E-state index in [4.69, 9.17) is 4.74 Å². The van der Waals surface area contributed by atoms with Crippen molar-refractivity contribution >= 4 is 11.9 Å². The molecule has 0 spiro atoms. The SMILES string of the molecule is CC(C)=CNC(=O)/C=C/CC/C=C\C=C\COC(=O)CC(C)C. The number of hydrogen-bond donors (Lipinski definition) is 1. The van der Waals surface area contributed by atoms with Gasteiger partial charge < -0.3 is 10.1 Å². The molecule has 0 aromatic heterocycles. The molecule has 0 fully saturated rings. The third-order valence-electron chi connectivity index (χ3n) is 2.57. The predicted octanol–water partition coefficient (Wildman–Crippen LogP) is 4.06. The van der Waals surface area contributed by atoms with E-state index in [1.807, 2.05) is 52.0 Å². The van der Waals surface area contributed by atoms with Gasteiger partial charge in [0.05, 0.1) is 0 Å². The summed E-state index contributed by atoms with van der Waals surface area (Å²) in [5, 5.41) is 2.67. The molecule has 1 N–H and O–H groups in total. The van der Waals surface area contributed by atoms with E-state index >= 15 is 0 Å². The molecule has 4 nitrogen and oxygen atoms in total. The van der Waals surface area contributed by atoms with Crippen LogP contribution in [0, 0.1) is 5.92 Å². The molecular weight excluding hydrogens is 290 g/mol. The summed E-state index contributed by atoms with van der Waals surface area (Å²) in [4.78, 5) is 22.6. The Morgan fingerprint density at radius 1 is 1.04 bits per heavy atom. The topological polar surface area (TPSA) is 55.4 Å². The first kappa shape index (κ1) is 20.9. The van der Waals surface area contributed by atoms with Crippen molar-refractivity contribution < 1.29 is 14.3 Å². The normalized spacial score (nSPS) is 11.5. The van der Waals surface area contributed by atoms with Crippen molar-refractivity contribution in [2.75, 3.05) is 6.61 Å². The second-order valence-corrected chi connectivity index (χ2v) is 5.85. The fourth-order valence-corrected chi connectivity index (χ4v) is 1.49. The molecule has 0 aromatic carbocycles. The largest absolute Gasteiger partial charge is 0.461 e. The summed E-state index contributed by atoms with van der Waals surface area (Å²) < 4.78 is 5.04. The standard InChI is InChI=1S/C19H29NO3/c1-16(2)14-19(22)23-13-11-9-7-5-6-8-10-12-18(21)20-15-17(3)4/h5,7,9-12,15-16H,6,8,13-14H2,1-4H3,(H,20,21)/b7-5-,11-9+,12-10+. The number of carbonyl (C=O) groups excluding carboxylic acids is 2. The van der Waals surface area contributed by atoms with E-state index in [0.29, 0.717) is 18.9 Å². The van der Waals surface area contributed by atoms with Crippen LogP contribution in [0.15, 0.2) is 48.2 Å². The highest BCUT2D eigenvalue weighted by Gasteiger charge is 2.03. The Morgan fingerprint density at radius 2 is 1.70 bits per heavy atom. The number of hydrogen-bond acceptors (Lipinski definition) is 3. The minimum absolute atomic E-state index is 0.113. The zero-order valence-electron chi connectivity index (χ0n) is 14.7. The summed E-state index contributed by atoms with van der Waals surface area (Å²) >= 11 is 0. The van der Waals surface area contributed by atoms with Gasteiger partial charge in [0.1, 0.15) is 6.61 Å². The van der Waals surface area contributed by atoms with Gasteiger partial charge in [-0.25, -0.2) is 0 Å². The molecule has 1 amide bonds. The Labute approximate surface area is 140 Å². The number of unbranched alkanes of at least 4 members (excludes halogenated alkanes) is 1. The number of esters is 1. The summed E-state index contributed by atoms with van der Waals surface area (Å²) in [5.74, 6) is 0.0481. The van der Waals surface area contributed by atoms with E-state index in [2.05, 4.69) is 5.32 Å². The van der Waals surface area contributed by atoms with Crippen molar-refractivity contribution in [2.24, 2.45) is 5.92 Å². The third-order valence-corrected chi connectivity index (χ3v) is 2.57. The molecule has 23 heavy (non-hydrogen) atoms. The molecule has 0 aromatic rings. The van der Waals surface area contributed by atoms with Crippen LogP contribution < -0.4 is 5.32 Å². The van der Waals surface area contributed by atoms with Crippen LogP contribution in [-0.2, 0) is 14.3 Å². The van der Waals surface area contributed by atoms with Crippen LogP contribution in [0.5, 0.6) is 0 Å². The monoisotopic (exact) mass is 319 g/mol. The molecule has 128 valence electrons. The zero-order chi connectivity index (χ0) is 17.5. The number of rotatable bonds is 10. The maximum atomic E-state index is 11.4. The maximum absolute atomic E-state index is 11.4. The molecular formula is C19H29NO3. The number of allylic oxidation sites excluding steroid dienone is 5. The van der Waals surface area contributed by atoms with E-state index in [9.17, 15) is 9.59 Å². The number of nitrogens with one attached hydrogen (secondary N) is 1. The minimum atomic E-state index is -0.162. The third kappa shape index (κ3) is 16.1. The lowest BCUT2D eigenvalue weighted by molar-refractivity contribution is -0.143. The first-order valence-corrected chi connectivity index (χ1v) is 7.99. The van der Waals surface area contributed by atoms with Gasteiger partial charge >= 0.3 is 5.97 Å². The molecule has 0 saturated heterocycles. The van der Waals surface area contributed by atoms with Crippen LogP contribution >= 0.6 is 0 Å². The van der Waals surface area contributed by atoms with Gasteiger partial charge in [0, 0.05) is 12.6 Å². The van der Waals surface area contributed by atoms with Gasteiger partial charge in [-0.15, -0.1) is 0 Å². The van der Waals surface area contributed by atoms with Crippen molar-refractivity contribution in [1.29, 1.82) is 0 Å². The van der Waals surface area contributed by atoms with Gasteiger partial charge in [-0.05, 0) is 44.8 Å². The molecule has 0 aliphatic heterocycles. The minimum Gasteiger partial charge on any atom is -0.461 e. The molecule has 0 aliphatic rings. The summed E-state index contributed by atoms with van der Waals surface area (Å²) in [6.07, 6.45) is 14.7. The lowest BCUT2D eigenvalue weighted by atomic mass is 10.1. The van der Waals surface area contributed by atoms with E-state index in [1.165, 1.54) is 6.08 Å². The van der Waals surface area contributed by atoms with Crippen molar-refractivity contribution in [3.05, 3.63) is 48.2 Å².